The minimum Gasteiger partial charge on any atom is -0.508 e. The molecule has 0 heterocycles. The van der Waals surface area contributed by atoms with Gasteiger partial charge in [0.1, 0.15) is 30.4 Å². The summed E-state index contributed by atoms with van der Waals surface area (Å²) in [5.41, 5.74) is 5.97. The minimum absolute atomic E-state index is 0.0221. The van der Waals surface area contributed by atoms with Gasteiger partial charge < -0.3 is 37.0 Å². The number of carbonyl (C=O) groups is 4. The summed E-state index contributed by atoms with van der Waals surface area (Å²) in [6.45, 7) is 0.143. The van der Waals surface area contributed by atoms with E-state index < -0.39 is 55.0 Å². The van der Waals surface area contributed by atoms with Crippen molar-refractivity contribution >= 4 is 23.7 Å². The van der Waals surface area contributed by atoms with Crippen LogP contribution in [0.25, 0.3) is 0 Å². The van der Waals surface area contributed by atoms with Crippen LogP contribution in [0.3, 0.4) is 0 Å². The Morgan fingerprint density at radius 2 is 1.64 bits per heavy atom. The molecule has 0 aromatic heterocycles. The van der Waals surface area contributed by atoms with Gasteiger partial charge in [-0.3, -0.25) is 19.2 Å². The van der Waals surface area contributed by atoms with E-state index in [0.29, 0.717) is 5.56 Å². The van der Waals surface area contributed by atoms with Gasteiger partial charge in [0.25, 0.3) is 0 Å². The molecular weight excluding hydrogens is 372 g/mol. The van der Waals surface area contributed by atoms with Gasteiger partial charge >= 0.3 is 5.97 Å². The molecule has 8 N–H and O–H groups in total. The molecular formula is C17H24N4O7. The quantitative estimate of drug-likeness (QED) is 0.225. The minimum atomic E-state index is -1.25. The molecule has 0 aliphatic heterocycles. The maximum Gasteiger partial charge on any atom is 0.322 e. The third-order valence-electron chi connectivity index (χ3n) is 3.71. The number of carboxylic acids is 1. The number of aromatic hydroxyl groups is 1. The molecule has 11 nitrogen and oxygen atoms in total. The van der Waals surface area contributed by atoms with E-state index in [1.807, 2.05) is 0 Å². The third kappa shape index (κ3) is 7.60. The lowest BCUT2D eigenvalue weighted by Crippen LogP contribution is -2.56. The number of nitrogens with one attached hydrogen (secondary N) is 3. The molecule has 0 aliphatic carbocycles. The Balaban J connectivity index is 2.83. The molecule has 154 valence electrons. The monoisotopic (exact) mass is 396 g/mol. The van der Waals surface area contributed by atoms with Crippen LogP contribution in [0, 0.1) is 0 Å². The van der Waals surface area contributed by atoms with Gasteiger partial charge in [-0.05, 0) is 24.6 Å². The van der Waals surface area contributed by atoms with Crippen molar-refractivity contribution in [2.24, 2.45) is 5.73 Å². The van der Waals surface area contributed by atoms with Gasteiger partial charge in [0.2, 0.25) is 17.7 Å². The summed E-state index contributed by atoms with van der Waals surface area (Å²) in [7, 11) is 0. The lowest BCUT2D eigenvalue weighted by molar-refractivity contribution is -0.138. The zero-order valence-electron chi connectivity index (χ0n) is 15.2. The van der Waals surface area contributed by atoms with E-state index >= 15 is 0 Å². The van der Waals surface area contributed by atoms with Crippen LogP contribution in [-0.4, -0.2) is 70.3 Å². The Bertz CT molecular complexity index is 708. The average molecular weight is 396 g/mol. The number of carboxylic acid groups (broad SMARTS) is 1. The second-order valence-electron chi connectivity index (χ2n) is 6.06. The molecule has 0 aliphatic rings. The molecule has 28 heavy (non-hydrogen) atoms. The molecule has 1 aromatic rings. The highest BCUT2D eigenvalue weighted by atomic mass is 16.4. The standard InChI is InChI=1S/C17H24N4O7/c1-9(20-16(27)12(18)8-22)15(26)21-13(17(28)19-7-14(24)25)6-10-2-4-11(23)5-3-10/h2-5,9,12-13,22-23H,6-8,18H2,1H3,(H,19,28)(H,20,27)(H,21,26)(H,24,25). The highest BCUT2D eigenvalue weighted by Gasteiger charge is 2.26. The molecule has 0 bridgehead atoms. The first-order valence-electron chi connectivity index (χ1n) is 8.38. The second-order valence-corrected chi connectivity index (χ2v) is 6.06. The van der Waals surface area contributed by atoms with Crippen molar-refractivity contribution in [1.29, 1.82) is 0 Å². The van der Waals surface area contributed by atoms with Gasteiger partial charge in [-0.2, -0.15) is 0 Å². The molecule has 0 fully saturated rings. The van der Waals surface area contributed by atoms with E-state index in [1.165, 1.54) is 19.1 Å². The first-order chi connectivity index (χ1) is 13.1. The van der Waals surface area contributed by atoms with Gasteiger partial charge in [-0.15, -0.1) is 0 Å². The number of amides is 3. The van der Waals surface area contributed by atoms with Crippen LogP contribution in [0.1, 0.15) is 12.5 Å². The average Bonchev–Trinajstić information content (AvgIpc) is 2.66. The van der Waals surface area contributed by atoms with Crippen LogP contribution in [0.4, 0.5) is 0 Å². The molecule has 1 rings (SSSR count). The third-order valence-corrected chi connectivity index (χ3v) is 3.71. The Morgan fingerprint density at radius 3 is 2.18 bits per heavy atom. The summed E-state index contributed by atoms with van der Waals surface area (Å²) in [6.07, 6.45) is 0.0221. The van der Waals surface area contributed by atoms with Crippen molar-refractivity contribution in [1.82, 2.24) is 16.0 Å². The van der Waals surface area contributed by atoms with Crippen molar-refractivity contribution in [2.45, 2.75) is 31.5 Å². The number of aliphatic hydroxyl groups excluding tert-OH is 1. The lowest BCUT2D eigenvalue weighted by atomic mass is 10.0. The molecule has 0 saturated heterocycles. The SMILES string of the molecule is CC(NC(=O)C(N)CO)C(=O)NC(Cc1ccc(O)cc1)C(=O)NCC(=O)O. The predicted octanol–water partition coefficient (Wildman–Crippen LogP) is -2.56. The molecule has 3 atom stereocenters. The highest BCUT2D eigenvalue weighted by Crippen LogP contribution is 2.11. The maximum absolute atomic E-state index is 12.3. The molecule has 11 heteroatoms. The summed E-state index contributed by atoms with van der Waals surface area (Å²) in [4.78, 5) is 46.9. The van der Waals surface area contributed by atoms with Gasteiger partial charge in [-0.1, -0.05) is 12.1 Å². The Labute approximate surface area is 160 Å². The zero-order valence-corrected chi connectivity index (χ0v) is 15.2. The van der Waals surface area contributed by atoms with Gasteiger partial charge in [0.15, 0.2) is 0 Å². The topological polar surface area (TPSA) is 191 Å². The van der Waals surface area contributed by atoms with Gasteiger partial charge in [-0.25, -0.2) is 0 Å². The molecule has 1 aromatic carbocycles. The van der Waals surface area contributed by atoms with E-state index in [2.05, 4.69) is 16.0 Å². The second kappa shape index (κ2) is 10.8. The fraction of sp³-hybridized carbons (Fsp3) is 0.412. The van der Waals surface area contributed by atoms with E-state index in [4.69, 9.17) is 15.9 Å². The Kier molecular flexibility index (Phi) is 8.85. The molecule has 3 amide bonds. The van der Waals surface area contributed by atoms with Crippen LogP contribution in [0.5, 0.6) is 5.75 Å². The smallest absolute Gasteiger partial charge is 0.322 e. The van der Waals surface area contributed by atoms with Crippen molar-refractivity contribution in [3.63, 3.8) is 0 Å². The first kappa shape index (κ1) is 22.9. The van der Waals surface area contributed by atoms with E-state index in [-0.39, 0.29) is 12.2 Å². The Morgan fingerprint density at radius 1 is 1.04 bits per heavy atom. The molecule has 3 unspecified atom stereocenters. The normalized spacial score (nSPS) is 13.7. The van der Waals surface area contributed by atoms with E-state index in [1.54, 1.807) is 12.1 Å². The molecule has 0 spiro atoms. The predicted molar refractivity (Wildman–Crippen MR) is 97.1 cm³/mol. The number of hydrogen-bond donors (Lipinski definition) is 7. The van der Waals surface area contributed by atoms with Crippen LogP contribution >= 0.6 is 0 Å². The summed E-state index contributed by atoms with van der Waals surface area (Å²) in [5.74, 6) is -3.39. The van der Waals surface area contributed by atoms with Crippen molar-refractivity contribution in [3.8, 4) is 5.75 Å². The highest BCUT2D eigenvalue weighted by molar-refractivity contribution is 5.93. The molecule has 0 saturated carbocycles. The largest absolute Gasteiger partial charge is 0.508 e. The number of nitrogens with two attached hydrogens (primary N) is 1. The number of phenols is 1. The van der Waals surface area contributed by atoms with Crippen LogP contribution < -0.4 is 21.7 Å². The van der Waals surface area contributed by atoms with Crippen LogP contribution in [0.15, 0.2) is 24.3 Å². The van der Waals surface area contributed by atoms with E-state index in [9.17, 15) is 24.3 Å². The number of aliphatic carboxylic acids is 1. The van der Waals surface area contributed by atoms with E-state index in [0.717, 1.165) is 0 Å². The summed E-state index contributed by atoms with van der Waals surface area (Å²) < 4.78 is 0. The summed E-state index contributed by atoms with van der Waals surface area (Å²) >= 11 is 0. The molecule has 0 radical (unpaired) electrons. The summed E-state index contributed by atoms with van der Waals surface area (Å²) in [5, 5.41) is 33.8. The number of benzene rings is 1. The fourth-order valence-corrected chi connectivity index (χ4v) is 2.13. The van der Waals surface area contributed by atoms with Gasteiger partial charge in [0, 0.05) is 6.42 Å². The van der Waals surface area contributed by atoms with Crippen LogP contribution in [-0.2, 0) is 25.6 Å². The van der Waals surface area contributed by atoms with Crippen LogP contribution in [0.2, 0.25) is 0 Å². The summed E-state index contributed by atoms with van der Waals surface area (Å²) in [6, 6.07) is 2.53. The maximum atomic E-state index is 12.3. The van der Waals surface area contributed by atoms with Crippen molar-refractivity contribution < 1.29 is 34.5 Å². The number of aliphatic hydroxyl groups is 1. The number of phenolic OH excluding ortho intramolecular Hbond substituents is 1. The first-order valence-corrected chi connectivity index (χ1v) is 8.38. The number of hydrogen-bond acceptors (Lipinski definition) is 7. The lowest BCUT2D eigenvalue weighted by Gasteiger charge is -2.22. The van der Waals surface area contributed by atoms with Gasteiger partial charge in [0.05, 0.1) is 6.61 Å². The fourth-order valence-electron chi connectivity index (χ4n) is 2.13. The van der Waals surface area contributed by atoms with Crippen molar-refractivity contribution in [2.75, 3.05) is 13.2 Å². The number of rotatable bonds is 10. The zero-order chi connectivity index (χ0) is 21.3. The Hall–Kier alpha value is -3.18. The number of carbonyl (C=O) groups excluding carboxylic acids is 3. The van der Waals surface area contributed by atoms with Crippen molar-refractivity contribution in [3.05, 3.63) is 29.8 Å².